The molecule has 1 heterocycles. The molecular weight excluding hydrogens is 222 g/mol. The van der Waals surface area contributed by atoms with E-state index in [1.807, 2.05) is 0 Å². The van der Waals surface area contributed by atoms with E-state index in [4.69, 9.17) is 15.2 Å². The number of ether oxygens (including phenoxy) is 2. The van der Waals surface area contributed by atoms with E-state index in [-0.39, 0.29) is 5.75 Å². The van der Waals surface area contributed by atoms with E-state index in [9.17, 15) is 5.11 Å². The largest absolute Gasteiger partial charge is 0.504 e. The van der Waals surface area contributed by atoms with Crippen LogP contribution in [0.1, 0.15) is 0 Å². The summed E-state index contributed by atoms with van der Waals surface area (Å²) in [5.74, 6) is 1.26. The van der Waals surface area contributed by atoms with Gasteiger partial charge in [0.15, 0.2) is 11.5 Å². The second kappa shape index (κ2) is 4.25. The van der Waals surface area contributed by atoms with E-state index in [2.05, 4.69) is 10.2 Å². The van der Waals surface area contributed by atoms with Crippen molar-refractivity contribution in [1.29, 1.82) is 0 Å². The van der Waals surface area contributed by atoms with Crippen LogP contribution in [0.5, 0.6) is 17.2 Å². The van der Waals surface area contributed by atoms with Gasteiger partial charge < -0.3 is 20.3 Å². The summed E-state index contributed by atoms with van der Waals surface area (Å²) in [7, 11) is 3.00. The molecule has 17 heavy (non-hydrogen) atoms. The maximum atomic E-state index is 9.64. The van der Waals surface area contributed by atoms with Crippen molar-refractivity contribution in [2.45, 2.75) is 0 Å². The number of anilines is 1. The maximum Gasteiger partial charge on any atom is 0.161 e. The highest BCUT2D eigenvalue weighted by Gasteiger charge is 2.13. The van der Waals surface area contributed by atoms with E-state index < -0.39 is 0 Å². The predicted molar refractivity (Wildman–Crippen MR) is 63.2 cm³/mol. The van der Waals surface area contributed by atoms with Gasteiger partial charge in [-0.05, 0) is 6.07 Å². The Hall–Kier alpha value is -2.37. The smallest absolute Gasteiger partial charge is 0.161 e. The summed E-state index contributed by atoms with van der Waals surface area (Å²) in [6, 6.07) is 4.81. The summed E-state index contributed by atoms with van der Waals surface area (Å²) in [4.78, 5) is 0. The first-order valence-electron chi connectivity index (χ1n) is 4.92. The topological polar surface area (TPSA) is 93.4 Å². The van der Waals surface area contributed by atoms with Crippen molar-refractivity contribution in [1.82, 2.24) is 10.2 Å². The molecule has 1 aromatic heterocycles. The van der Waals surface area contributed by atoms with Gasteiger partial charge in [0.2, 0.25) is 0 Å². The summed E-state index contributed by atoms with van der Waals surface area (Å²) >= 11 is 0. The number of rotatable bonds is 3. The molecule has 0 aliphatic carbocycles. The summed E-state index contributed by atoms with van der Waals surface area (Å²) in [5.41, 5.74) is 6.95. The monoisotopic (exact) mass is 235 g/mol. The highest BCUT2D eigenvalue weighted by atomic mass is 16.5. The van der Waals surface area contributed by atoms with Crippen LogP contribution < -0.4 is 15.2 Å². The average molecular weight is 235 g/mol. The zero-order valence-corrected chi connectivity index (χ0v) is 9.52. The molecule has 0 amide bonds. The zero-order chi connectivity index (χ0) is 12.4. The molecule has 0 fully saturated rings. The number of hydrogen-bond acceptors (Lipinski definition) is 5. The third kappa shape index (κ3) is 1.96. The number of nitrogens with two attached hydrogens (primary N) is 1. The van der Waals surface area contributed by atoms with Crippen LogP contribution in [0.3, 0.4) is 0 Å². The van der Waals surface area contributed by atoms with Gasteiger partial charge in [-0.3, -0.25) is 5.10 Å². The van der Waals surface area contributed by atoms with Crippen molar-refractivity contribution < 1.29 is 14.6 Å². The number of phenolic OH excluding ortho intramolecular Hbond substituents is 1. The molecule has 0 radical (unpaired) electrons. The van der Waals surface area contributed by atoms with E-state index in [1.54, 1.807) is 12.1 Å². The molecule has 90 valence electrons. The van der Waals surface area contributed by atoms with Crippen molar-refractivity contribution in [3.63, 3.8) is 0 Å². The summed E-state index contributed by atoms with van der Waals surface area (Å²) in [6.07, 6.45) is 0. The minimum atomic E-state index is 0.0144. The number of aromatic hydroxyl groups is 1. The highest BCUT2D eigenvalue weighted by molar-refractivity contribution is 5.72. The lowest BCUT2D eigenvalue weighted by molar-refractivity contribution is 0.366. The van der Waals surface area contributed by atoms with Crippen LogP contribution in [0.2, 0.25) is 0 Å². The van der Waals surface area contributed by atoms with Gasteiger partial charge in [0.25, 0.3) is 0 Å². The third-order valence-corrected chi connectivity index (χ3v) is 2.39. The van der Waals surface area contributed by atoms with Crippen LogP contribution in [0.4, 0.5) is 5.82 Å². The number of aromatic nitrogens is 2. The van der Waals surface area contributed by atoms with Crippen LogP contribution >= 0.6 is 0 Å². The van der Waals surface area contributed by atoms with Crippen molar-refractivity contribution in [2.24, 2.45) is 0 Å². The standard InChI is InChI=1S/C11H13N3O3/c1-16-9-5-8(15)10(17-2)3-6(9)7-4-11(12)14-13-7/h3-5,15H,1-2H3,(H3,12,13,14). The van der Waals surface area contributed by atoms with Gasteiger partial charge in [-0.15, -0.1) is 0 Å². The number of hydrogen-bond donors (Lipinski definition) is 3. The molecular formula is C11H13N3O3. The Balaban J connectivity index is 2.58. The summed E-state index contributed by atoms with van der Waals surface area (Å²) in [5, 5.41) is 16.3. The molecule has 0 saturated carbocycles. The van der Waals surface area contributed by atoms with Gasteiger partial charge in [-0.1, -0.05) is 0 Å². The van der Waals surface area contributed by atoms with Crippen LogP contribution in [-0.2, 0) is 0 Å². The Kier molecular flexibility index (Phi) is 2.78. The van der Waals surface area contributed by atoms with E-state index in [1.165, 1.54) is 20.3 Å². The van der Waals surface area contributed by atoms with Gasteiger partial charge in [-0.25, -0.2) is 0 Å². The number of nitrogens with one attached hydrogen (secondary N) is 1. The number of benzene rings is 1. The van der Waals surface area contributed by atoms with Crippen LogP contribution in [-0.4, -0.2) is 29.5 Å². The molecule has 0 unspecified atom stereocenters. The second-order valence-electron chi connectivity index (χ2n) is 3.43. The Morgan fingerprint density at radius 2 is 1.88 bits per heavy atom. The van der Waals surface area contributed by atoms with Crippen LogP contribution in [0.15, 0.2) is 18.2 Å². The third-order valence-electron chi connectivity index (χ3n) is 2.39. The fourth-order valence-electron chi connectivity index (χ4n) is 1.57. The van der Waals surface area contributed by atoms with E-state index in [0.29, 0.717) is 28.6 Å². The predicted octanol–water partition coefficient (Wildman–Crippen LogP) is 1.38. The van der Waals surface area contributed by atoms with Gasteiger partial charge in [0, 0.05) is 17.7 Å². The van der Waals surface area contributed by atoms with Crippen LogP contribution in [0, 0.1) is 0 Å². The number of phenols is 1. The molecule has 0 atom stereocenters. The average Bonchev–Trinajstić information content (AvgIpc) is 2.75. The fourth-order valence-corrected chi connectivity index (χ4v) is 1.57. The quantitative estimate of drug-likeness (QED) is 0.747. The molecule has 0 aliphatic heterocycles. The molecule has 2 rings (SSSR count). The molecule has 4 N–H and O–H groups in total. The first-order valence-corrected chi connectivity index (χ1v) is 4.92. The lowest BCUT2D eigenvalue weighted by Crippen LogP contribution is -1.91. The Bertz CT molecular complexity index is 537. The van der Waals surface area contributed by atoms with Crippen molar-refractivity contribution >= 4 is 5.82 Å². The minimum absolute atomic E-state index is 0.0144. The molecule has 1 aromatic carbocycles. The van der Waals surface area contributed by atoms with E-state index in [0.717, 1.165) is 0 Å². The summed E-state index contributed by atoms with van der Waals surface area (Å²) in [6.45, 7) is 0. The molecule has 0 aliphatic rings. The Morgan fingerprint density at radius 1 is 1.18 bits per heavy atom. The molecule has 0 spiro atoms. The molecule has 6 nitrogen and oxygen atoms in total. The molecule has 6 heteroatoms. The van der Waals surface area contributed by atoms with Crippen molar-refractivity contribution in [3.8, 4) is 28.5 Å². The normalized spacial score (nSPS) is 10.2. The molecule has 0 saturated heterocycles. The number of aromatic amines is 1. The molecule has 2 aromatic rings. The van der Waals surface area contributed by atoms with Crippen molar-refractivity contribution in [3.05, 3.63) is 18.2 Å². The Labute approximate surface area is 98.0 Å². The van der Waals surface area contributed by atoms with E-state index >= 15 is 0 Å². The maximum absolute atomic E-state index is 9.64. The fraction of sp³-hybridized carbons (Fsp3) is 0.182. The van der Waals surface area contributed by atoms with Crippen LogP contribution in [0.25, 0.3) is 11.3 Å². The second-order valence-corrected chi connectivity index (χ2v) is 3.43. The highest BCUT2D eigenvalue weighted by Crippen LogP contribution is 2.38. The minimum Gasteiger partial charge on any atom is -0.504 e. The first-order chi connectivity index (χ1) is 8.15. The van der Waals surface area contributed by atoms with Gasteiger partial charge in [0.1, 0.15) is 11.6 Å². The van der Waals surface area contributed by atoms with Crippen molar-refractivity contribution in [2.75, 3.05) is 20.0 Å². The lowest BCUT2D eigenvalue weighted by atomic mass is 10.1. The number of nitrogen functional groups attached to an aromatic ring is 1. The lowest BCUT2D eigenvalue weighted by Gasteiger charge is -2.10. The SMILES string of the molecule is COc1cc(-c2cc(N)n[nH]2)c(OC)cc1O. The molecule has 0 bridgehead atoms. The van der Waals surface area contributed by atoms with Gasteiger partial charge in [0.05, 0.1) is 19.9 Å². The Morgan fingerprint density at radius 3 is 2.41 bits per heavy atom. The number of methoxy groups -OCH3 is 2. The van der Waals surface area contributed by atoms with Gasteiger partial charge >= 0.3 is 0 Å². The first kappa shape index (κ1) is 11.1. The number of nitrogens with zero attached hydrogens (tertiary/aromatic N) is 1. The van der Waals surface area contributed by atoms with Gasteiger partial charge in [-0.2, -0.15) is 5.10 Å². The number of H-pyrrole nitrogens is 1. The summed E-state index contributed by atoms with van der Waals surface area (Å²) < 4.78 is 10.2. The zero-order valence-electron chi connectivity index (χ0n) is 9.52.